The molecule has 1 unspecified atom stereocenters. The summed E-state index contributed by atoms with van der Waals surface area (Å²) in [5, 5.41) is 8.20. The highest BCUT2D eigenvalue weighted by Gasteiger charge is 2.29. The van der Waals surface area contributed by atoms with Gasteiger partial charge in [-0.25, -0.2) is 4.79 Å². The summed E-state index contributed by atoms with van der Waals surface area (Å²) in [7, 11) is 0. The largest absolute Gasteiger partial charge is 0.445 e. The second-order valence-electron chi connectivity index (χ2n) is 6.55. The zero-order valence-corrected chi connectivity index (χ0v) is 14.6. The molecular weight excluding hydrogens is 322 g/mol. The van der Waals surface area contributed by atoms with Crippen molar-refractivity contribution in [2.45, 2.75) is 39.0 Å². The lowest BCUT2D eigenvalue weighted by molar-refractivity contribution is -0.127. The molecule has 1 aromatic rings. The van der Waals surface area contributed by atoms with E-state index < -0.39 is 18.2 Å². The molecule has 1 heterocycles. The van der Waals surface area contributed by atoms with E-state index in [0.29, 0.717) is 13.0 Å². The average molecular weight is 347 g/mol. The van der Waals surface area contributed by atoms with Gasteiger partial charge in [-0.2, -0.15) is 0 Å². The molecular formula is C18H25N3O4. The summed E-state index contributed by atoms with van der Waals surface area (Å²) in [6.45, 7) is 4.72. The molecule has 2 amide bonds. The Morgan fingerprint density at radius 2 is 2.00 bits per heavy atom. The van der Waals surface area contributed by atoms with E-state index in [4.69, 9.17) is 4.74 Å². The van der Waals surface area contributed by atoms with Crippen molar-refractivity contribution < 1.29 is 19.1 Å². The molecule has 1 aliphatic heterocycles. The summed E-state index contributed by atoms with van der Waals surface area (Å²) in [4.78, 5) is 36.1. The van der Waals surface area contributed by atoms with E-state index >= 15 is 0 Å². The topological polar surface area (TPSA) is 96.5 Å². The lowest BCUT2D eigenvalue weighted by Gasteiger charge is -2.21. The van der Waals surface area contributed by atoms with E-state index in [9.17, 15) is 14.4 Å². The first-order valence-electron chi connectivity index (χ1n) is 8.46. The minimum Gasteiger partial charge on any atom is -0.445 e. The Bertz CT molecular complexity index is 604. The Labute approximate surface area is 147 Å². The number of carbonyl (C=O) groups excluding carboxylic acids is 3. The molecule has 1 aliphatic rings. The number of alkyl carbamates (subject to hydrolysis) is 1. The monoisotopic (exact) mass is 347 g/mol. The van der Waals surface area contributed by atoms with Crippen LogP contribution in [0.15, 0.2) is 30.3 Å². The van der Waals surface area contributed by atoms with Gasteiger partial charge in [-0.3, -0.25) is 9.59 Å². The van der Waals surface area contributed by atoms with Crippen LogP contribution in [0.4, 0.5) is 4.79 Å². The molecule has 0 aliphatic carbocycles. The van der Waals surface area contributed by atoms with Crippen molar-refractivity contribution in [1.29, 1.82) is 0 Å². The molecule has 0 bridgehead atoms. The van der Waals surface area contributed by atoms with Gasteiger partial charge in [0.2, 0.25) is 5.91 Å². The summed E-state index contributed by atoms with van der Waals surface area (Å²) in [5.41, 5.74) is 0.866. The Kier molecular flexibility index (Phi) is 6.94. The fraction of sp³-hybridized carbons (Fsp3) is 0.500. The summed E-state index contributed by atoms with van der Waals surface area (Å²) in [6.07, 6.45) is -0.193. The van der Waals surface area contributed by atoms with Crippen LogP contribution in [-0.4, -0.2) is 43.0 Å². The van der Waals surface area contributed by atoms with Crippen LogP contribution in [0, 0.1) is 5.92 Å². The molecule has 0 saturated carbocycles. The van der Waals surface area contributed by atoms with Crippen LogP contribution >= 0.6 is 0 Å². The number of ketones is 1. The molecule has 7 heteroatoms. The van der Waals surface area contributed by atoms with Crippen LogP contribution in [0.2, 0.25) is 0 Å². The quantitative estimate of drug-likeness (QED) is 0.683. The maximum absolute atomic E-state index is 12.4. The summed E-state index contributed by atoms with van der Waals surface area (Å²) in [5.74, 6) is -0.224. The molecule has 136 valence electrons. The van der Waals surface area contributed by atoms with Gasteiger partial charge in [0, 0.05) is 6.54 Å². The van der Waals surface area contributed by atoms with Crippen LogP contribution in [0.25, 0.3) is 0 Å². The van der Waals surface area contributed by atoms with Crippen molar-refractivity contribution in [1.82, 2.24) is 16.0 Å². The number of hydrogen-bond donors (Lipinski definition) is 3. The minimum absolute atomic E-state index is 0.0525. The van der Waals surface area contributed by atoms with E-state index in [1.807, 2.05) is 44.2 Å². The Morgan fingerprint density at radius 3 is 2.60 bits per heavy atom. The van der Waals surface area contributed by atoms with Gasteiger partial charge >= 0.3 is 6.09 Å². The van der Waals surface area contributed by atoms with E-state index in [2.05, 4.69) is 16.0 Å². The first-order valence-corrected chi connectivity index (χ1v) is 8.46. The standard InChI is InChI=1S/C18H25N3O4/c1-12(2)8-14(17(23)20-15-9-19-10-16(15)22)21-18(24)25-11-13-6-4-3-5-7-13/h3-7,12,14-15,19H,8-11H2,1-2H3,(H,20,23)(H,21,24)/t14-,15?/m0/s1. The third-order valence-electron chi connectivity index (χ3n) is 3.88. The molecule has 1 saturated heterocycles. The van der Waals surface area contributed by atoms with Crippen LogP contribution in [0.5, 0.6) is 0 Å². The van der Waals surface area contributed by atoms with Gasteiger partial charge in [0.15, 0.2) is 5.78 Å². The molecule has 3 N–H and O–H groups in total. The van der Waals surface area contributed by atoms with Gasteiger partial charge in [-0.05, 0) is 17.9 Å². The van der Waals surface area contributed by atoms with E-state index in [-0.39, 0.29) is 30.8 Å². The van der Waals surface area contributed by atoms with Gasteiger partial charge in [-0.1, -0.05) is 44.2 Å². The van der Waals surface area contributed by atoms with Gasteiger partial charge in [-0.15, -0.1) is 0 Å². The molecule has 1 fully saturated rings. The highest BCUT2D eigenvalue weighted by atomic mass is 16.5. The van der Waals surface area contributed by atoms with Crippen molar-refractivity contribution in [3.8, 4) is 0 Å². The Hall–Kier alpha value is -2.41. The van der Waals surface area contributed by atoms with E-state index in [1.165, 1.54) is 0 Å². The third kappa shape index (κ3) is 6.19. The number of nitrogens with one attached hydrogen (secondary N) is 3. The highest BCUT2D eigenvalue weighted by molar-refractivity contribution is 5.94. The first kappa shape index (κ1) is 18.9. The fourth-order valence-corrected chi connectivity index (χ4v) is 2.59. The van der Waals surface area contributed by atoms with Crippen LogP contribution < -0.4 is 16.0 Å². The number of ether oxygens (including phenoxy) is 1. The molecule has 7 nitrogen and oxygen atoms in total. The molecule has 0 radical (unpaired) electrons. The van der Waals surface area contributed by atoms with Gasteiger partial charge in [0.1, 0.15) is 18.7 Å². The highest BCUT2D eigenvalue weighted by Crippen LogP contribution is 2.07. The molecule has 25 heavy (non-hydrogen) atoms. The zero-order chi connectivity index (χ0) is 18.2. The first-order chi connectivity index (χ1) is 12.0. The summed E-state index contributed by atoms with van der Waals surface area (Å²) >= 11 is 0. The average Bonchev–Trinajstić information content (AvgIpc) is 2.98. The van der Waals surface area contributed by atoms with E-state index in [0.717, 1.165) is 5.56 Å². The molecule has 1 aromatic carbocycles. The number of Topliss-reactive ketones (excluding diaryl/α,β-unsaturated/α-hetero) is 1. The summed E-state index contributed by atoms with van der Waals surface area (Å²) in [6, 6.07) is 8.03. The number of rotatable bonds is 7. The maximum Gasteiger partial charge on any atom is 0.408 e. The van der Waals surface area contributed by atoms with Gasteiger partial charge < -0.3 is 20.7 Å². The van der Waals surface area contributed by atoms with Crippen LogP contribution in [0.1, 0.15) is 25.8 Å². The normalized spacial score (nSPS) is 18.0. The number of amides is 2. The van der Waals surface area contributed by atoms with Crippen LogP contribution in [0.3, 0.4) is 0 Å². The lowest BCUT2D eigenvalue weighted by Crippen LogP contribution is -2.52. The third-order valence-corrected chi connectivity index (χ3v) is 3.88. The molecule has 0 spiro atoms. The number of benzene rings is 1. The van der Waals surface area contributed by atoms with Gasteiger partial charge in [0.05, 0.1) is 6.54 Å². The number of carbonyl (C=O) groups is 3. The predicted molar refractivity (Wildman–Crippen MR) is 92.8 cm³/mol. The maximum atomic E-state index is 12.4. The van der Waals surface area contributed by atoms with Crippen LogP contribution in [-0.2, 0) is 20.9 Å². The van der Waals surface area contributed by atoms with Crippen molar-refractivity contribution in [3.63, 3.8) is 0 Å². The second-order valence-corrected chi connectivity index (χ2v) is 6.55. The van der Waals surface area contributed by atoms with Gasteiger partial charge in [0.25, 0.3) is 0 Å². The van der Waals surface area contributed by atoms with E-state index in [1.54, 1.807) is 0 Å². The minimum atomic E-state index is -0.739. The lowest BCUT2D eigenvalue weighted by atomic mass is 10.0. The smallest absolute Gasteiger partial charge is 0.408 e. The predicted octanol–water partition coefficient (Wildman–Crippen LogP) is 0.985. The molecule has 2 rings (SSSR count). The number of hydrogen-bond acceptors (Lipinski definition) is 5. The second kappa shape index (κ2) is 9.17. The SMILES string of the molecule is CC(C)C[C@H](NC(=O)OCc1ccccc1)C(=O)NC1CNCC1=O. The molecule has 2 atom stereocenters. The van der Waals surface area contributed by atoms with Crippen molar-refractivity contribution in [3.05, 3.63) is 35.9 Å². The Morgan fingerprint density at radius 1 is 1.28 bits per heavy atom. The Balaban J connectivity index is 1.88. The zero-order valence-electron chi connectivity index (χ0n) is 14.6. The van der Waals surface area contributed by atoms with Crippen molar-refractivity contribution in [2.24, 2.45) is 5.92 Å². The molecule has 0 aromatic heterocycles. The summed E-state index contributed by atoms with van der Waals surface area (Å²) < 4.78 is 5.17. The van der Waals surface area contributed by atoms with Crippen molar-refractivity contribution >= 4 is 17.8 Å². The van der Waals surface area contributed by atoms with Crippen molar-refractivity contribution in [2.75, 3.05) is 13.1 Å². The fourth-order valence-electron chi connectivity index (χ4n) is 2.59.